The number of likely N-dealkylation sites (tertiary alicyclic amines) is 1. The summed E-state index contributed by atoms with van der Waals surface area (Å²) in [6.45, 7) is 6.53. The maximum atomic E-state index is 12.8. The Morgan fingerprint density at radius 2 is 1.73 bits per heavy atom. The Morgan fingerprint density at radius 3 is 2.43 bits per heavy atom. The van der Waals surface area contributed by atoms with Crippen molar-refractivity contribution >= 4 is 11.8 Å². The molecule has 30 heavy (non-hydrogen) atoms. The predicted molar refractivity (Wildman–Crippen MR) is 116 cm³/mol. The third-order valence-electron chi connectivity index (χ3n) is 6.73. The maximum Gasteiger partial charge on any atom is 0.224 e. The molecule has 1 saturated carbocycles. The van der Waals surface area contributed by atoms with Gasteiger partial charge >= 0.3 is 0 Å². The van der Waals surface area contributed by atoms with Gasteiger partial charge in [-0.1, -0.05) is 29.8 Å². The lowest BCUT2D eigenvalue weighted by molar-refractivity contribution is -0.136. The molecule has 0 spiro atoms. The molecule has 1 aromatic carbocycles. The normalized spacial score (nSPS) is 24.8. The predicted octanol–water partition coefficient (Wildman–Crippen LogP) is 2.15. The molecule has 4 rings (SSSR count). The molecule has 0 unspecified atom stereocenters. The van der Waals surface area contributed by atoms with Gasteiger partial charge in [-0.05, 0) is 44.1 Å². The molecule has 1 aliphatic carbocycles. The van der Waals surface area contributed by atoms with Gasteiger partial charge in [-0.2, -0.15) is 0 Å². The van der Waals surface area contributed by atoms with E-state index in [2.05, 4.69) is 17.1 Å². The molecule has 6 nitrogen and oxygen atoms in total. The molecule has 2 aliphatic heterocycles. The van der Waals surface area contributed by atoms with Crippen molar-refractivity contribution in [2.24, 2.45) is 5.92 Å². The minimum absolute atomic E-state index is 0.0815. The molecule has 164 valence electrons. The van der Waals surface area contributed by atoms with E-state index in [4.69, 9.17) is 4.74 Å². The molecule has 2 amide bonds. The number of ether oxygens (including phenoxy) is 1. The zero-order valence-electron chi connectivity index (χ0n) is 18.1. The topological polar surface area (TPSA) is 61.9 Å². The highest BCUT2D eigenvalue weighted by molar-refractivity contribution is 5.78. The van der Waals surface area contributed by atoms with Gasteiger partial charge in [0.1, 0.15) is 0 Å². The van der Waals surface area contributed by atoms with Crippen LogP contribution in [0.3, 0.4) is 0 Å². The Morgan fingerprint density at radius 1 is 1.03 bits per heavy atom. The largest absolute Gasteiger partial charge is 0.378 e. The van der Waals surface area contributed by atoms with Crippen molar-refractivity contribution in [3.63, 3.8) is 0 Å². The Bertz CT molecular complexity index is 726. The Hall–Kier alpha value is -1.92. The van der Waals surface area contributed by atoms with Crippen LogP contribution in [0, 0.1) is 12.8 Å². The first-order valence-electron chi connectivity index (χ1n) is 11.5. The van der Waals surface area contributed by atoms with Crippen LogP contribution >= 0.6 is 0 Å². The van der Waals surface area contributed by atoms with Gasteiger partial charge in [0.2, 0.25) is 11.8 Å². The van der Waals surface area contributed by atoms with Crippen LogP contribution in [-0.2, 0) is 20.7 Å². The number of carbonyl (C=O) groups is 2. The Balaban J connectivity index is 1.29. The standard InChI is InChI=1S/C24H35N3O3/c1-18-2-4-19(5-3-18)14-23(28)25-16-22-9-8-21(27(22)17-20-6-7-20)15-24(29)26-10-12-30-13-11-26/h2-5,20-22H,6-17H2,1H3,(H,25,28)/t21-,22+/m1/s1. The van der Waals surface area contributed by atoms with Crippen molar-refractivity contribution in [2.75, 3.05) is 39.4 Å². The van der Waals surface area contributed by atoms with Gasteiger partial charge in [0, 0.05) is 44.7 Å². The van der Waals surface area contributed by atoms with Crippen LogP contribution in [0.2, 0.25) is 0 Å². The van der Waals surface area contributed by atoms with Crippen molar-refractivity contribution in [3.8, 4) is 0 Å². The first-order chi connectivity index (χ1) is 14.6. The lowest BCUT2D eigenvalue weighted by atomic mass is 10.1. The summed E-state index contributed by atoms with van der Waals surface area (Å²) in [7, 11) is 0. The number of hydrogen-bond acceptors (Lipinski definition) is 4. The number of morpholine rings is 1. The van der Waals surface area contributed by atoms with Gasteiger partial charge in [0.15, 0.2) is 0 Å². The fourth-order valence-corrected chi connectivity index (χ4v) is 4.68. The molecule has 0 aromatic heterocycles. The summed E-state index contributed by atoms with van der Waals surface area (Å²) in [5.41, 5.74) is 2.26. The van der Waals surface area contributed by atoms with Crippen LogP contribution < -0.4 is 5.32 Å². The number of benzene rings is 1. The minimum atomic E-state index is 0.0815. The van der Waals surface area contributed by atoms with Gasteiger partial charge in [-0.3, -0.25) is 14.5 Å². The number of aryl methyl sites for hydroxylation is 1. The van der Waals surface area contributed by atoms with Gasteiger partial charge < -0.3 is 15.0 Å². The zero-order valence-corrected chi connectivity index (χ0v) is 18.1. The zero-order chi connectivity index (χ0) is 20.9. The summed E-state index contributed by atoms with van der Waals surface area (Å²) >= 11 is 0. The van der Waals surface area contributed by atoms with Crippen LogP contribution in [0.5, 0.6) is 0 Å². The van der Waals surface area contributed by atoms with E-state index in [0.717, 1.165) is 30.9 Å². The van der Waals surface area contributed by atoms with E-state index in [0.29, 0.717) is 57.8 Å². The van der Waals surface area contributed by atoms with Crippen LogP contribution in [0.1, 0.15) is 43.2 Å². The molecule has 2 atom stereocenters. The second-order valence-electron chi connectivity index (χ2n) is 9.19. The highest BCUT2D eigenvalue weighted by Crippen LogP contribution is 2.35. The van der Waals surface area contributed by atoms with E-state index < -0.39 is 0 Å². The highest BCUT2D eigenvalue weighted by atomic mass is 16.5. The smallest absolute Gasteiger partial charge is 0.224 e. The fourth-order valence-electron chi connectivity index (χ4n) is 4.68. The molecule has 1 aromatic rings. The number of amides is 2. The highest BCUT2D eigenvalue weighted by Gasteiger charge is 2.38. The van der Waals surface area contributed by atoms with Crippen LogP contribution in [0.4, 0.5) is 0 Å². The van der Waals surface area contributed by atoms with Gasteiger partial charge in [-0.15, -0.1) is 0 Å². The first-order valence-corrected chi connectivity index (χ1v) is 11.5. The van der Waals surface area contributed by atoms with Crippen molar-refractivity contribution in [3.05, 3.63) is 35.4 Å². The van der Waals surface area contributed by atoms with Crippen molar-refractivity contribution < 1.29 is 14.3 Å². The second kappa shape index (κ2) is 9.92. The van der Waals surface area contributed by atoms with Crippen molar-refractivity contribution in [1.82, 2.24) is 15.1 Å². The lowest BCUT2D eigenvalue weighted by Crippen LogP contribution is -2.47. The number of nitrogens with one attached hydrogen (secondary N) is 1. The number of hydrogen-bond donors (Lipinski definition) is 1. The van der Waals surface area contributed by atoms with E-state index in [1.807, 2.05) is 29.2 Å². The second-order valence-corrected chi connectivity index (χ2v) is 9.19. The first kappa shape index (κ1) is 21.3. The monoisotopic (exact) mass is 413 g/mol. The van der Waals surface area contributed by atoms with Gasteiger partial charge in [0.25, 0.3) is 0 Å². The van der Waals surface area contributed by atoms with Crippen LogP contribution in [0.25, 0.3) is 0 Å². The minimum Gasteiger partial charge on any atom is -0.378 e. The molecular weight excluding hydrogens is 378 g/mol. The summed E-state index contributed by atoms with van der Waals surface area (Å²) in [6.07, 6.45) is 5.72. The molecule has 0 bridgehead atoms. The van der Waals surface area contributed by atoms with E-state index in [1.54, 1.807) is 0 Å². The summed E-state index contributed by atoms with van der Waals surface area (Å²) in [6, 6.07) is 8.80. The average molecular weight is 414 g/mol. The molecule has 0 radical (unpaired) electrons. The molecule has 6 heteroatoms. The van der Waals surface area contributed by atoms with Gasteiger partial charge in [0.05, 0.1) is 19.6 Å². The van der Waals surface area contributed by atoms with E-state index in [9.17, 15) is 9.59 Å². The fraction of sp³-hybridized carbons (Fsp3) is 0.667. The summed E-state index contributed by atoms with van der Waals surface area (Å²) in [4.78, 5) is 29.7. The van der Waals surface area contributed by atoms with E-state index in [1.165, 1.54) is 18.4 Å². The van der Waals surface area contributed by atoms with Crippen molar-refractivity contribution in [1.29, 1.82) is 0 Å². The third kappa shape index (κ3) is 5.82. The van der Waals surface area contributed by atoms with Crippen molar-refractivity contribution in [2.45, 2.75) is 57.5 Å². The summed E-state index contributed by atoms with van der Waals surface area (Å²) < 4.78 is 5.38. The average Bonchev–Trinajstić information content (AvgIpc) is 3.50. The summed E-state index contributed by atoms with van der Waals surface area (Å²) in [5, 5.41) is 3.16. The lowest BCUT2D eigenvalue weighted by Gasteiger charge is -2.33. The molecule has 2 saturated heterocycles. The number of rotatable bonds is 8. The van der Waals surface area contributed by atoms with E-state index in [-0.39, 0.29) is 11.8 Å². The maximum absolute atomic E-state index is 12.8. The Kier molecular flexibility index (Phi) is 7.05. The molecule has 1 N–H and O–H groups in total. The molecule has 3 fully saturated rings. The third-order valence-corrected chi connectivity index (χ3v) is 6.73. The number of carbonyl (C=O) groups excluding carboxylic acids is 2. The number of nitrogens with zero attached hydrogens (tertiary/aromatic N) is 2. The molecular formula is C24H35N3O3. The quantitative estimate of drug-likeness (QED) is 0.709. The summed E-state index contributed by atoms with van der Waals surface area (Å²) in [5.74, 6) is 1.11. The molecule has 2 heterocycles. The molecule has 3 aliphatic rings. The Labute approximate surface area is 179 Å². The van der Waals surface area contributed by atoms with E-state index >= 15 is 0 Å². The van der Waals surface area contributed by atoms with Crippen LogP contribution in [0.15, 0.2) is 24.3 Å². The van der Waals surface area contributed by atoms with Gasteiger partial charge in [-0.25, -0.2) is 0 Å². The SMILES string of the molecule is Cc1ccc(CC(=O)NC[C@@H]2CC[C@H](CC(=O)N3CCOCC3)N2CC2CC2)cc1. The van der Waals surface area contributed by atoms with Crippen LogP contribution in [-0.4, -0.2) is 73.1 Å².